The molecule has 7 heteroatoms. The number of para-hydroxylation sites is 1. The molecule has 1 aromatic carbocycles. The van der Waals surface area contributed by atoms with Gasteiger partial charge in [-0.15, -0.1) is 21.5 Å². The quantitative estimate of drug-likeness (QED) is 0.479. The molecule has 0 unspecified atom stereocenters. The van der Waals surface area contributed by atoms with Crippen molar-refractivity contribution in [3.8, 4) is 0 Å². The van der Waals surface area contributed by atoms with E-state index in [1.165, 1.54) is 37.0 Å². The van der Waals surface area contributed by atoms with Gasteiger partial charge in [0.1, 0.15) is 5.82 Å². The lowest BCUT2D eigenvalue weighted by Crippen LogP contribution is -2.17. The van der Waals surface area contributed by atoms with Crippen LogP contribution in [0.4, 0.5) is 5.69 Å². The second-order valence-electron chi connectivity index (χ2n) is 7.33. The van der Waals surface area contributed by atoms with Crippen molar-refractivity contribution >= 4 is 34.7 Å². The van der Waals surface area contributed by atoms with Gasteiger partial charge in [0.05, 0.1) is 0 Å². The van der Waals surface area contributed by atoms with E-state index in [0.29, 0.717) is 18.2 Å². The molecule has 5 nitrogen and oxygen atoms in total. The van der Waals surface area contributed by atoms with Crippen molar-refractivity contribution in [2.75, 3.05) is 11.1 Å². The number of nitrogens with one attached hydrogen (secondary N) is 1. The van der Waals surface area contributed by atoms with Gasteiger partial charge in [0.25, 0.3) is 0 Å². The summed E-state index contributed by atoms with van der Waals surface area (Å²) >= 11 is 3.41. The number of thioether (sulfide) groups is 1. The third-order valence-corrected chi connectivity index (χ3v) is 7.03. The van der Waals surface area contributed by atoms with Gasteiger partial charge in [-0.1, -0.05) is 55.3 Å². The van der Waals surface area contributed by atoms with Crippen LogP contribution in [-0.4, -0.2) is 26.4 Å². The zero-order chi connectivity index (χ0) is 19.9. The molecule has 1 fully saturated rings. The molecule has 1 amide bonds. The average molecular weight is 427 g/mol. The van der Waals surface area contributed by atoms with Crippen molar-refractivity contribution in [3.63, 3.8) is 0 Å². The summed E-state index contributed by atoms with van der Waals surface area (Å²) in [5.41, 5.74) is 0.839. The highest BCUT2D eigenvalue weighted by molar-refractivity contribution is 7.99. The molecule has 1 N–H and O–H groups in total. The van der Waals surface area contributed by atoms with Gasteiger partial charge in [-0.05, 0) is 36.4 Å². The highest BCUT2D eigenvalue weighted by Gasteiger charge is 2.23. The number of carbonyl (C=O) groups is 1. The van der Waals surface area contributed by atoms with Gasteiger partial charge < -0.3 is 9.88 Å². The Bertz CT molecular complexity index is 902. The SMILES string of the molecule is O=C(CCSc1nnc(Cc2cccs2)n1C1CCCCC1)Nc1ccccc1. The topological polar surface area (TPSA) is 59.8 Å². The standard InChI is InChI=1S/C22H26N4OS2/c27-21(23-17-8-3-1-4-9-17)13-15-29-22-25-24-20(16-19-12-7-14-28-19)26(22)18-10-5-2-6-11-18/h1,3-4,7-9,12,14,18H,2,5-6,10-11,13,15-16H2,(H,23,27). The number of hydrogen-bond donors (Lipinski definition) is 1. The van der Waals surface area contributed by atoms with Gasteiger partial charge in [-0.2, -0.15) is 0 Å². The van der Waals surface area contributed by atoms with Gasteiger partial charge in [-0.3, -0.25) is 4.79 Å². The first kappa shape index (κ1) is 20.2. The Balaban J connectivity index is 1.40. The lowest BCUT2D eigenvalue weighted by atomic mass is 9.95. The molecule has 0 radical (unpaired) electrons. The van der Waals surface area contributed by atoms with E-state index in [1.807, 2.05) is 30.3 Å². The van der Waals surface area contributed by atoms with Crippen molar-refractivity contribution in [2.45, 2.75) is 56.1 Å². The number of aromatic nitrogens is 3. The third kappa shape index (κ3) is 5.48. The molecule has 2 heterocycles. The van der Waals surface area contributed by atoms with Crippen molar-refractivity contribution < 1.29 is 4.79 Å². The minimum Gasteiger partial charge on any atom is -0.326 e. The van der Waals surface area contributed by atoms with Crippen LogP contribution in [0.2, 0.25) is 0 Å². The Labute approximate surface area is 179 Å². The van der Waals surface area contributed by atoms with Crippen LogP contribution >= 0.6 is 23.1 Å². The summed E-state index contributed by atoms with van der Waals surface area (Å²) in [5.74, 6) is 1.78. The Hall–Kier alpha value is -2.12. The van der Waals surface area contributed by atoms with Crippen LogP contribution in [0.5, 0.6) is 0 Å². The summed E-state index contributed by atoms with van der Waals surface area (Å²) in [5, 5.41) is 15.0. The molecule has 29 heavy (non-hydrogen) atoms. The molecule has 4 rings (SSSR count). The minimum absolute atomic E-state index is 0.0336. The molecule has 2 aromatic heterocycles. The molecule has 0 saturated heterocycles. The Kier molecular flexibility index (Phi) is 7.00. The molecule has 1 aliphatic rings. The molecule has 0 aliphatic heterocycles. The van der Waals surface area contributed by atoms with Gasteiger partial charge in [0.2, 0.25) is 5.91 Å². The molecule has 1 saturated carbocycles. The average Bonchev–Trinajstić information content (AvgIpc) is 3.40. The number of thiophene rings is 1. The number of benzene rings is 1. The largest absolute Gasteiger partial charge is 0.326 e. The summed E-state index contributed by atoms with van der Waals surface area (Å²) in [6, 6.07) is 14.3. The van der Waals surface area contributed by atoms with Crippen LogP contribution in [0.25, 0.3) is 0 Å². The monoisotopic (exact) mass is 426 g/mol. The number of carbonyl (C=O) groups excluding carboxylic acids is 1. The van der Waals surface area contributed by atoms with E-state index in [2.05, 4.69) is 37.6 Å². The molecular weight excluding hydrogens is 400 g/mol. The zero-order valence-electron chi connectivity index (χ0n) is 16.4. The second-order valence-corrected chi connectivity index (χ2v) is 9.42. The summed E-state index contributed by atoms with van der Waals surface area (Å²) in [6.45, 7) is 0. The van der Waals surface area contributed by atoms with Crippen LogP contribution in [-0.2, 0) is 11.2 Å². The van der Waals surface area contributed by atoms with Crippen LogP contribution in [0.15, 0.2) is 53.0 Å². The van der Waals surface area contributed by atoms with E-state index in [0.717, 1.165) is 23.1 Å². The first-order valence-corrected chi connectivity index (χ1v) is 12.1. The summed E-state index contributed by atoms with van der Waals surface area (Å²) in [7, 11) is 0. The lowest BCUT2D eigenvalue weighted by Gasteiger charge is -2.25. The number of amides is 1. The van der Waals surface area contributed by atoms with E-state index >= 15 is 0 Å². The van der Waals surface area contributed by atoms with Crippen LogP contribution in [0.3, 0.4) is 0 Å². The second kappa shape index (κ2) is 10.1. The number of nitrogens with zero attached hydrogens (tertiary/aromatic N) is 3. The summed E-state index contributed by atoms with van der Waals surface area (Å²) < 4.78 is 2.36. The van der Waals surface area contributed by atoms with E-state index in [1.54, 1.807) is 23.1 Å². The normalized spacial score (nSPS) is 14.8. The van der Waals surface area contributed by atoms with Crippen LogP contribution in [0, 0.1) is 0 Å². The van der Waals surface area contributed by atoms with E-state index in [-0.39, 0.29) is 5.91 Å². The lowest BCUT2D eigenvalue weighted by molar-refractivity contribution is -0.115. The van der Waals surface area contributed by atoms with Gasteiger partial charge >= 0.3 is 0 Å². The molecule has 1 aliphatic carbocycles. The van der Waals surface area contributed by atoms with Crippen LogP contribution < -0.4 is 5.32 Å². The summed E-state index contributed by atoms with van der Waals surface area (Å²) in [6.07, 6.45) is 7.53. The highest BCUT2D eigenvalue weighted by atomic mass is 32.2. The van der Waals surface area contributed by atoms with E-state index in [4.69, 9.17) is 0 Å². The molecule has 0 spiro atoms. The third-order valence-electron chi connectivity index (χ3n) is 5.21. The van der Waals surface area contributed by atoms with Crippen molar-refractivity contribution in [1.82, 2.24) is 14.8 Å². The Morgan fingerprint density at radius 3 is 2.69 bits per heavy atom. The first-order chi connectivity index (χ1) is 14.3. The van der Waals surface area contributed by atoms with Gasteiger partial charge in [-0.25, -0.2) is 0 Å². The molecule has 152 valence electrons. The maximum Gasteiger partial charge on any atom is 0.225 e. The fourth-order valence-electron chi connectivity index (χ4n) is 3.78. The molecule has 0 atom stereocenters. The van der Waals surface area contributed by atoms with Crippen LogP contribution in [0.1, 0.15) is 55.3 Å². The fourth-order valence-corrected chi connectivity index (χ4v) is 5.44. The van der Waals surface area contributed by atoms with Crippen molar-refractivity contribution in [3.05, 3.63) is 58.5 Å². The fraction of sp³-hybridized carbons (Fsp3) is 0.409. The first-order valence-electron chi connectivity index (χ1n) is 10.2. The number of hydrogen-bond acceptors (Lipinski definition) is 5. The maximum atomic E-state index is 12.2. The molecule has 0 bridgehead atoms. The van der Waals surface area contributed by atoms with Crippen molar-refractivity contribution in [2.24, 2.45) is 0 Å². The minimum atomic E-state index is 0.0336. The Morgan fingerprint density at radius 2 is 1.93 bits per heavy atom. The number of anilines is 1. The predicted molar refractivity (Wildman–Crippen MR) is 120 cm³/mol. The Morgan fingerprint density at radius 1 is 1.10 bits per heavy atom. The predicted octanol–water partition coefficient (Wildman–Crippen LogP) is 5.56. The molecule has 3 aromatic rings. The van der Waals surface area contributed by atoms with Gasteiger partial charge in [0, 0.05) is 35.2 Å². The van der Waals surface area contributed by atoms with Gasteiger partial charge in [0.15, 0.2) is 5.16 Å². The zero-order valence-corrected chi connectivity index (χ0v) is 18.1. The highest BCUT2D eigenvalue weighted by Crippen LogP contribution is 2.33. The van der Waals surface area contributed by atoms with E-state index < -0.39 is 0 Å². The van der Waals surface area contributed by atoms with E-state index in [9.17, 15) is 4.79 Å². The number of rotatable bonds is 8. The molecular formula is C22H26N4OS2. The van der Waals surface area contributed by atoms with Crippen molar-refractivity contribution in [1.29, 1.82) is 0 Å². The maximum absolute atomic E-state index is 12.2. The summed E-state index contributed by atoms with van der Waals surface area (Å²) in [4.78, 5) is 13.6. The smallest absolute Gasteiger partial charge is 0.225 e.